The summed E-state index contributed by atoms with van der Waals surface area (Å²) >= 11 is 0. The van der Waals surface area contributed by atoms with Crippen LogP contribution in [0.1, 0.15) is 48.0 Å². The first-order chi connectivity index (χ1) is 17.0. The van der Waals surface area contributed by atoms with Gasteiger partial charge in [0.25, 0.3) is 5.91 Å². The van der Waals surface area contributed by atoms with E-state index in [-0.39, 0.29) is 29.6 Å². The van der Waals surface area contributed by atoms with Crippen molar-refractivity contribution >= 4 is 17.6 Å². The Balaban J connectivity index is 1.28. The number of hydrogen-bond donors (Lipinski definition) is 2. The second-order valence-electron chi connectivity index (χ2n) is 9.31. The zero-order valence-electron chi connectivity index (χ0n) is 19.3. The average Bonchev–Trinajstić information content (AvgIpc) is 3.39. The Morgan fingerprint density at radius 1 is 1.20 bits per heavy atom. The van der Waals surface area contributed by atoms with Crippen molar-refractivity contribution in [3.05, 3.63) is 54.2 Å². The number of nitrogens with zero attached hydrogens (tertiary/aromatic N) is 7. The number of carbonyl (C=O) groups excluding carboxylic acids is 2. The number of benzene rings is 1. The Labute approximate surface area is 202 Å². The van der Waals surface area contributed by atoms with Crippen LogP contribution < -0.4 is 11.1 Å². The number of primary amides is 1. The summed E-state index contributed by atoms with van der Waals surface area (Å²) in [6.45, 7) is 2.32. The summed E-state index contributed by atoms with van der Waals surface area (Å²) in [6.07, 6.45) is 8.07. The van der Waals surface area contributed by atoms with Gasteiger partial charge in [0.15, 0.2) is 5.82 Å². The summed E-state index contributed by atoms with van der Waals surface area (Å²) in [6, 6.07) is 10.5. The molecule has 0 bridgehead atoms. The van der Waals surface area contributed by atoms with Gasteiger partial charge in [-0.15, -0.1) is 0 Å². The first-order valence-corrected chi connectivity index (χ1v) is 11.7. The maximum Gasteiger partial charge on any atom is 0.254 e. The zero-order valence-corrected chi connectivity index (χ0v) is 19.3. The van der Waals surface area contributed by atoms with Gasteiger partial charge in [-0.05, 0) is 43.4 Å². The lowest BCUT2D eigenvalue weighted by atomic mass is 9.84. The zero-order chi connectivity index (χ0) is 24.4. The molecule has 1 aromatic carbocycles. The normalized spacial score (nSPS) is 17.6. The lowest BCUT2D eigenvalue weighted by Gasteiger charge is -2.40. The average molecular weight is 474 g/mol. The third-order valence-electron chi connectivity index (χ3n) is 6.88. The topological polar surface area (TPSA) is 148 Å². The molecule has 0 atom stereocenters. The molecule has 0 radical (unpaired) electrons. The summed E-state index contributed by atoms with van der Waals surface area (Å²) in [5, 5.41) is 21.0. The molecular weight excluding hydrogens is 446 g/mol. The van der Waals surface area contributed by atoms with Crippen molar-refractivity contribution in [1.29, 1.82) is 5.26 Å². The number of hydrogen-bond acceptors (Lipinski definition) is 7. The Kier molecular flexibility index (Phi) is 6.05. The number of amides is 2. The van der Waals surface area contributed by atoms with E-state index in [0.29, 0.717) is 12.8 Å². The summed E-state index contributed by atoms with van der Waals surface area (Å²) < 4.78 is 3.40. The van der Waals surface area contributed by atoms with Gasteiger partial charge in [0.2, 0.25) is 5.91 Å². The van der Waals surface area contributed by atoms with Gasteiger partial charge in [-0.1, -0.05) is 12.1 Å². The standard InChI is InChI=1S/C24H27N9O2/c25-10-7-24(33-14-20(21(26)34)22(30-33)29-23(35)18-3-4-18)8-11-31(12-9-24)13-17-1-5-19(6-2-17)32-16-27-15-28-32/h1-2,5-6,14-16,18H,3-4,7-9,11-13H2,(H2,26,34)(H,29,30,35). The second-order valence-corrected chi connectivity index (χ2v) is 9.31. The van der Waals surface area contributed by atoms with Gasteiger partial charge in [-0.25, -0.2) is 9.67 Å². The van der Waals surface area contributed by atoms with Crippen molar-refractivity contribution < 1.29 is 9.59 Å². The van der Waals surface area contributed by atoms with E-state index < -0.39 is 11.4 Å². The number of nitrogens with one attached hydrogen (secondary N) is 1. The van der Waals surface area contributed by atoms with E-state index in [4.69, 9.17) is 5.73 Å². The largest absolute Gasteiger partial charge is 0.365 e. The molecule has 1 aliphatic carbocycles. The van der Waals surface area contributed by atoms with E-state index >= 15 is 0 Å². The van der Waals surface area contributed by atoms with E-state index in [2.05, 4.69) is 43.6 Å². The van der Waals surface area contributed by atoms with Gasteiger partial charge in [-0.3, -0.25) is 19.2 Å². The van der Waals surface area contributed by atoms with Crippen LogP contribution in [0.25, 0.3) is 5.69 Å². The monoisotopic (exact) mass is 473 g/mol. The number of carbonyl (C=O) groups is 2. The fraction of sp³-hybridized carbons (Fsp3) is 0.417. The fourth-order valence-corrected chi connectivity index (χ4v) is 4.57. The molecule has 3 N–H and O–H groups in total. The van der Waals surface area contributed by atoms with Crippen LogP contribution >= 0.6 is 0 Å². The Bertz CT molecular complexity index is 1250. The quantitative estimate of drug-likeness (QED) is 0.507. The summed E-state index contributed by atoms with van der Waals surface area (Å²) in [5.41, 5.74) is 7.31. The van der Waals surface area contributed by atoms with Crippen LogP contribution in [0.5, 0.6) is 0 Å². The molecule has 5 rings (SSSR count). The fourth-order valence-electron chi connectivity index (χ4n) is 4.57. The molecule has 11 heteroatoms. The highest BCUT2D eigenvalue weighted by Crippen LogP contribution is 2.36. The minimum Gasteiger partial charge on any atom is -0.365 e. The van der Waals surface area contributed by atoms with Gasteiger partial charge in [0.1, 0.15) is 18.2 Å². The van der Waals surface area contributed by atoms with Crippen molar-refractivity contribution in [2.75, 3.05) is 18.4 Å². The Hall–Kier alpha value is -4.04. The Morgan fingerprint density at radius 2 is 1.94 bits per heavy atom. The molecule has 0 spiro atoms. The second kappa shape index (κ2) is 9.31. The third kappa shape index (κ3) is 4.79. The van der Waals surface area contributed by atoms with Gasteiger partial charge >= 0.3 is 0 Å². The number of nitrogens with two attached hydrogens (primary N) is 1. The lowest BCUT2D eigenvalue weighted by Crippen LogP contribution is -2.46. The molecule has 2 fully saturated rings. The highest BCUT2D eigenvalue weighted by molar-refractivity contribution is 6.02. The van der Waals surface area contributed by atoms with Crippen molar-refractivity contribution in [3.63, 3.8) is 0 Å². The van der Waals surface area contributed by atoms with E-state index in [1.165, 1.54) is 11.9 Å². The molecule has 3 aromatic rings. The van der Waals surface area contributed by atoms with Crippen molar-refractivity contribution in [2.24, 2.45) is 11.7 Å². The molecule has 11 nitrogen and oxygen atoms in total. The molecular formula is C24H27N9O2. The number of likely N-dealkylation sites (tertiary alicyclic amines) is 1. The highest BCUT2D eigenvalue weighted by Gasteiger charge is 2.39. The maximum atomic E-state index is 12.3. The maximum absolute atomic E-state index is 12.3. The van der Waals surface area contributed by atoms with E-state index in [9.17, 15) is 14.9 Å². The van der Waals surface area contributed by atoms with Crippen LogP contribution in [0, 0.1) is 17.2 Å². The van der Waals surface area contributed by atoms with E-state index in [1.807, 2.05) is 12.1 Å². The van der Waals surface area contributed by atoms with Gasteiger partial charge in [0.05, 0.1) is 23.7 Å². The molecule has 1 aliphatic heterocycles. The van der Waals surface area contributed by atoms with Crippen LogP contribution in [0.4, 0.5) is 5.82 Å². The number of anilines is 1. The van der Waals surface area contributed by atoms with Gasteiger partial charge in [-0.2, -0.15) is 15.5 Å². The number of piperidine rings is 1. The minimum absolute atomic E-state index is 0.0255. The van der Waals surface area contributed by atoms with Crippen LogP contribution in [0.3, 0.4) is 0 Å². The van der Waals surface area contributed by atoms with Crippen molar-refractivity contribution in [2.45, 2.75) is 44.2 Å². The van der Waals surface area contributed by atoms with Crippen LogP contribution in [0.15, 0.2) is 43.1 Å². The molecule has 2 amide bonds. The van der Waals surface area contributed by atoms with E-state index in [1.54, 1.807) is 21.9 Å². The molecule has 1 saturated carbocycles. The predicted molar refractivity (Wildman–Crippen MR) is 126 cm³/mol. The van der Waals surface area contributed by atoms with Gasteiger partial charge < -0.3 is 11.1 Å². The minimum atomic E-state index is -0.652. The summed E-state index contributed by atoms with van der Waals surface area (Å²) in [7, 11) is 0. The lowest BCUT2D eigenvalue weighted by molar-refractivity contribution is -0.117. The van der Waals surface area contributed by atoms with E-state index in [0.717, 1.165) is 38.2 Å². The number of nitriles is 1. The molecule has 2 aromatic heterocycles. The third-order valence-corrected chi connectivity index (χ3v) is 6.88. The summed E-state index contributed by atoms with van der Waals surface area (Å²) in [4.78, 5) is 30.6. The van der Waals surface area contributed by atoms with Crippen LogP contribution in [0.2, 0.25) is 0 Å². The van der Waals surface area contributed by atoms with Crippen LogP contribution in [-0.2, 0) is 16.9 Å². The molecule has 1 saturated heterocycles. The number of aromatic nitrogens is 5. The molecule has 2 aliphatic rings. The molecule has 3 heterocycles. The molecule has 35 heavy (non-hydrogen) atoms. The predicted octanol–water partition coefficient (Wildman–Crippen LogP) is 1.82. The van der Waals surface area contributed by atoms with Crippen molar-refractivity contribution in [1.82, 2.24) is 29.4 Å². The molecule has 180 valence electrons. The highest BCUT2D eigenvalue weighted by atomic mass is 16.2. The first kappa shape index (κ1) is 22.7. The smallest absolute Gasteiger partial charge is 0.254 e. The van der Waals surface area contributed by atoms with Crippen molar-refractivity contribution in [3.8, 4) is 11.8 Å². The Morgan fingerprint density at radius 3 is 2.54 bits per heavy atom. The summed E-state index contributed by atoms with van der Waals surface area (Å²) in [5.74, 6) is -0.637. The SMILES string of the molecule is N#CCC1(n2cc(C(N)=O)c(NC(=O)C3CC3)n2)CCN(Cc2ccc(-n3cncn3)cc2)CC1. The molecule has 0 unspecified atom stereocenters. The van der Waals surface area contributed by atoms with Crippen LogP contribution in [-0.4, -0.2) is 54.3 Å². The van der Waals surface area contributed by atoms with Gasteiger partial charge in [0, 0.05) is 31.7 Å². The first-order valence-electron chi connectivity index (χ1n) is 11.7. The number of rotatable bonds is 8.